The van der Waals surface area contributed by atoms with Crippen LogP contribution in [-0.4, -0.2) is 30.2 Å². The summed E-state index contributed by atoms with van der Waals surface area (Å²) in [7, 11) is 0. The Morgan fingerprint density at radius 2 is 2.32 bits per heavy atom. The number of rotatable bonds is 3. The van der Waals surface area contributed by atoms with Gasteiger partial charge in [-0.2, -0.15) is 0 Å². The van der Waals surface area contributed by atoms with E-state index in [1.807, 2.05) is 13.8 Å². The molecule has 1 aromatic rings. The quantitative estimate of drug-likeness (QED) is 0.888. The van der Waals surface area contributed by atoms with Gasteiger partial charge in [-0.15, -0.1) is 12.4 Å². The molecule has 0 aromatic carbocycles. The number of piperidine rings is 1. The molecule has 2 atom stereocenters. The molecular formula is C13H22ClN3O2. The van der Waals surface area contributed by atoms with Crippen LogP contribution in [0.1, 0.15) is 42.1 Å². The van der Waals surface area contributed by atoms with Crippen LogP contribution in [0, 0.1) is 12.8 Å². The second-order valence-electron chi connectivity index (χ2n) is 4.97. The summed E-state index contributed by atoms with van der Waals surface area (Å²) in [5.74, 6) is 1.07. The maximum absolute atomic E-state index is 12.3. The van der Waals surface area contributed by atoms with Crippen molar-refractivity contribution in [1.29, 1.82) is 0 Å². The van der Waals surface area contributed by atoms with E-state index >= 15 is 0 Å². The van der Waals surface area contributed by atoms with Crippen molar-refractivity contribution in [2.24, 2.45) is 5.92 Å². The first-order valence-electron chi connectivity index (χ1n) is 6.60. The van der Waals surface area contributed by atoms with Gasteiger partial charge >= 0.3 is 0 Å². The Bertz CT molecular complexity index is 434. The minimum absolute atomic E-state index is 0. The standard InChI is InChI=1S/C13H21N3O2.ClH/c1-4-11-12(9(3)16-18-11)13(17)15-10-5-6-14-7-8(10)2;/h8,10,14H,4-7H2,1-3H3,(H,15,17);1H. The van der Waals surface area contributed by atoms with Crippen LogP contribution >= 0.6 is 12.4 Å². The number of hydrogen-bond donors (Lipinski definition) is 2. The van der Waals surface area contributed by atoms with E-state index < -0.39 is 0 Å². The first kappa shape index (κ1) is 16.0. The number of amides is 1. The molecule has 0 saturated carbocycles. The third-order valence-corrected chi connectivity index (χ3v) is 3.58. The van der Waals surface area contributed by atoms with Gasteiger partial charge in [0.25, 0.3) is 5.91 Å². The number of aromatic nitrogens is 1. The van der Waals surface area contributed by atoms with Crippen LogP contribution in [0.4, 0.5) is 0 Å². The summed E-state index contributed by atoms with van der Waals surface area (Å²) in [5.41, 5.74) is 1.29. The summed E-state index contributed by atoms with van der Waals surface area (Å²) in [6.45, 7) is 7.83. The summed E-state index contributed by atoms with van der Waals surface area (Å²) in [4.78, 5) is 12.3. The lowest BCUT2D eigenvalue weighted by atomic mass is 9.95. The maximum atomic E-state index is 12.3. The highest BCUT2D eigenvalue weighted by Crippen LogP contribution is 2.16. The highest BCUT2D eigenvalue weighted by Gasteiger charge is 2.26. The van der Waals surface area contributed by atoms with Crippen LogP contribution in [-0.2, 0) is 6.42 Å². The summed E-state index contributed by atoms with van der Waals surface area (Å²) in [5, 5.41) is 10.3. The molecule has 0 radical (unpaired) electrons. The fourth-order valence-electron chi connectivity index (χ4n) is 2.42. The third kappa shape index (κ3) is 3.48. The molecule has 0 spiro atoms. The van der Waals surface area contributed by atoms with Gasteiger partial charge in [0.2, 0.25) is 0 Å². The fourth-order valence-corrected chi connectivity index (χ4v) is 2.42. The molecule has 5 nitrogen and oxygen atoms in total. The van der Waals surface area contributed by atoms with Gasteiger partial charge in [-0.25, -0.2) is 0 Å². The predicted octanol–water partition coefficient (Wildman–Crippen LogP) is 1.70. The largest absolute Gasteiger partial charge is 0.360 e. The van der Waals surface area contributed by atoms with Crippen LogP contribution in [0.2, 0.25) is 0 Å². The Labute approximate surface area is 119 Å². The highest BCUT2D eigenvalue weighted by atomic mass is 35.5. The summed E-state index contributed by atoms with van der Waals surface area (Å²) in [6.07, 6.45) is 1.66. The van der Waals surface area contributed by atoms with Gasteiger partial charge in [0.1, 0.15) is 11.3 Å². The van der Waals surface area contributed by atoms with E-state index in [1.165, 1.54) is 0 Å². The summed E-state index contributed by atoms with van der Waals surface area (Å²) >= 11 is 0. The van der Waals surface area contributed by atoms with E-state index in [0.29, 0.717) is 29.4 Å². The third-order valence-electron chi connectivity index (χ3n) is 3.58. The number of carbonyl (C=O) groups is 1. The van der Waals surface area contributed by atoms with Crippen molar-refractivity contribution in [1.82, 2.24) is 15.8 Å². The molecule has 1 fully saturated rings. The number of hydrogen-bond acceptors (Lipinski definition) is 4. The Kier molecular flexibility index (Phi) is 5.82. The number of halogens is 1. The average molecular weight is 288 g/mol. The van der Waals surface area contributed by atoms with Gasteiger partial charge in [-0.1, -0.05) is 19.0 Å². The maximum Gasteiger partial charge on any atom is 0.257 e. The molecule has 1 aliphatic rings. The fraction of sp³-hybridized carbons (Fsp3) is 0.692. The van der Waals surface area contributed by atoms with Crippen molar-refractivity contribution < 1.29 is 9.32 Å². The molecule has 0 bridgehead atoms. The number of aryl methyl sites for hydroxylation is 2. The zero-order chi connectivity index (χ0) is 13.1. The van der Waals surface area contributed by atoms with E-state index in [-0.39, 0.29) is 24.4 Å². The Hall–Kier alpha value is -1.07. The molecule has 2 N–H and O–H groups in total. The Morgan fingerprint density at radius 1 is 1.58 bits per heavy atom. The van der Waals surface area contributed by atoms with Crippen molar-refractivity contribution in [3.05, 3.63) is 17.0 Å². The lowest BCUT2D eigenvalue weighted by Gasteiger charge is -2.30. The lowest BCUT2D eigenvalue weighted by molar-refractivity contribution is 0.0911. The van der Waals surface area contributed by atoms with Crippen molar-refractivity contribution in [2.45, 2.75) is 39.7 Å². The van der Waals surface area contributed by atoms with Gasteiger partial charge < -0.3 is 15.2 Å². The van der Waals surface area contributed by atoms with E-state index in [0.717, 1.165) is 19.5 Å². The highest BCUT2D eigenvalue weighted by molar-refractivity contribution is 5.96. The average Bonchev–Trinajstić information content (AvgIpc) is 2.73. The summed E-state index contributed by atoms with van der Waals surface area (Å²) < 4.78 is 5.16. The van der Waals surface area contributed by atoms with Gasteiger partial charge in [-0.3, -0.25) is 4.79 Å². The number of nitrogens with zero attached hydrogens (tertiary/aromatic N) is 1. The van der Waals surface area contributed by atoms with Crippen LogP contribution in [0.15, 0.2) is 4.52 Å². The predicted molar refractivity (Wildman–Crippen MR) is 75.8 cm³/mol. The number of carbonyl (C=O) groups excluding carboxylic acids is 1. The minimum Gasteiger partial charge on any atom is -0.360 e. The van der Waals surface area contributed by atoms with E-state index in [1.54, 1.807) is 0 Å². The van der Waals surface area contributed by atoms with E-state index in [9.17, 15) is 4.79 Å². The molecule has 1 aliphatic heterocycles. The van der Waals surface area contributed by atoms with Crippen LogP contribution in [0.5, 0.6) is 0 Å². The smallest absolute Gasteiger partial charge is 0.257 e. The van der Waals surface area contributed by atoms with Gasteiger partial charge in [0, 0.05) is 12.5 Å². The molecule has 6 heteroatoms. The molecular weight excluding hydrogens is 266 g/mol. The van der Waals surface area contributed by atoms with Gasteiger partial charge in [-0.05, 0) is 32.4 Å². The SMILES string of the molecule is CCc1onc(C)c1C(=O)NC1CCNCC1C.Cl. The number of nitrogens with one attached hydrogen (secondary N) is 2. The molecule has 1 saturated heterocycles. The van der Waals surface area contributed by atoms with Crippen LogP contribution < -0.4 is 10.6 Å². The van der Waals surface area contributed by atoms with Crippen molar-refractivity contribution >= 4 is 18.3 Å². The zero-order valence-corrected chi connectivity index (χ0v) is 12.5. The first-order valence-corrected chi connectivity index (χ1v) is 6.60. The van der Waals surface area contributed by atoms with Crippen LogP contribution in [0.25, 0.3) is 0 Å². The van der Waals surface area contributed by atoms with Crippen molar-refractivity contribution in [2.75, 3.05) is 13.1 Å². The van der Waals surface area contributed by atoms with Crippen molar-refractivity contribution in [3.8, 4) is 0 Å². The Balaban J connectivity index is 0.00000180. The molecule has 2 rings (SSSR count). The zero-order valence-electron chi connectivity index (χ0n) is 11.7. The molecule has 0 aliphatic carbocycles. The Morgan fingerprint density at radius 3 is 2.95 bits per heavy atom. The van der Waals surface area contributed by atoms with Crippen molar-refractivity contribution in [3.63, 3.8) is 0 Å². The first-order chi connectivity index (χ1) is 8.63. The monoisotopic (exact) mass is 287 g/mol. The second kappa shape index (κ2) is 6.91. The van der Waals surface area contributed by atoms with Gasteiger partial charge in [0.05, 0.1) is 5.69 Å². The minimum atomic E-state index is -0.0515. The topological polar surface area (TPSA) is 67.2 Å². The molecule has 2 heterocycles. The second-order valence-corrected chi connectivity index (χ2v) is 4.97. The molecule has 1 aromatic heterocycles. The van der Waals surface area contributed by atoms with Crippen LogP contribution in [0.3, 0.4) is 0 Å². The van der Waals surface area contributed by atoms with Gasteiger partial charge in [0.15, 0.2) is 0 Å². The molecule has 108 valence electrons. The van der Waals surface area contributed by atoms with E-state index in [2.05, 4.69) is 22.7 Å². The molecule has 1 amide bonds. The molecule has 2 unspecified atom stereocenters. The normalized spacial score (nSPS) is 22.7. The molecule has 19 heavy (non-hydrogen) atoms. The lowest BCUT2D eigenvalue weighted by Crippen LogP contribution is -2.48. The summed E-state index contributed by atoms with van der Waals surface area (Å²) in [6, 6.07) is 0.234. The van der Waals surface area contributed by atoms with E-state index in [4.69, 9.17) is 4.52 Å².